The molecule has 1 unspecified atom stereocenters. The van der Waals surface area contributed by atoms with Crippen molar-refractivity contribution in [2.24, 2.45) is 5.73 Å². The van der Waals surface area contributed by atoms with Crippen LogP contribution in [0.5, 0.6) is 0 Å². The van der Waals surface area contributed by atoms with Crippen LogP contribution in [0.15, 0.2) is 24.3 Å². The predicted octanol–water partition coefficient (Wildman–Crippen LogP) is 3.42. The van der Waals surface area contributed by atoms with Crippen LogP contribution in [0, 0.1) is 13.8 Å². The molecule has 0 aliphatic rings. The van der Waals surface area contributed by atoms with Gasteiger partial charge in [0.25, 0.3) is 0 Å². The number of aromatic nitrogens is 2. The summed E-state index contributed by atoms with van der Waals surface area (Å²) >= 11 is 6.11. The Kier molecular flexibility index (Phi) is 4.27. The van der Waals surface area contributed by atoms with Crippen molar-refractivity contribution >= 4 is 11.6 Å². The highest BCUT2D eigenvalue weighted by molar-refractivity contribution is 6.30. The van der Waals surface area contributed by atoms with Crippen molar-refractivity contribution in [2.75, 3.05) is 0 Å². The third-order valence-electron chi connectivity index (χ3n) is 3.29. The van der Waals surface area contributed by atoms with E-state index in [9.17, 15) is 0 Å². The maximum absolute atomic E-state index is 6.11. The van der Waals surface area contributed by atoms with Crippen LogP contribution in [-0.4, -0.2) is 15.8 Å². The van der Waals surface area contributed by atoms with E-state index in [1.165, 1.54) is 0 Å². The summed E-state index contributed by atoms with van der Waals surface area (Å²) in [4.78, 5) is 0. The van der Waals surface area contributed by atoms with Crippen molar-refractivity contribution in [2.45, 2.75) is 39.7 Å². The van der Waals surface area contributed by atoms with E-state index in [4.69, 9.17) is 17.3 Å². The third-order valence-corrected chi connectivity index (χ3v) is 3.52. The van der Waals surface area contributed by atoms with Crippen LogP contribution in [0.3, 0.4) is 0 Å². The van der Waals surface area contributed by atoms with E-state index in [1.54, 1.807) is 0 Å². The van der Waals surface area contributed by atoms with Gasteiger partial charge in [-0.05, 0) is 56.5 Å². The molecule has 1 atom stereocenters. The second-order valence-electron chi connectivity index (χ2n) is 4.98. The summed E-state index contributed by atoms with van der Waals surface area (Å²) in [5, 5.41) is 5.28. The molecule has 1 heterocycles. The first kappa shape index (κ1) is 14.1. The summed E-state index contributed by atoms with van der Waals surface area (Å²) in [6, 6.07) is 8.11. The standard InChI is InChI=1S/C15H20ClN3/c1-4-14(17)9-12-8-13(16)5-6-15(12)19-11(3)7-10(2)18-19/h5-8,14H,4,9,17H2,1-3H3. The lowest BCUT2D eigenvalue weighted by atomic mass is 10.0. The molecule has 2 aromatic rings. The van der Waals surface area contributed by atoms with Gasteiger partial charge in [0, 0.05) is 16.8 Å². The molecule has 0 spiro atoms. The molecule has 0 aliphatic carbocycles. The molecule has 19 heavy (non-hydrogen) atoms. The van der Waals surface area contributed by atoms with Gasteiger partial charge in [0.2, 0.25) is 0 Å². The predicted molar refractivity (Wildman–Crippen MR) is 80.0 cm³/mol. The topological polar surface area (TPSA) is 43.8 Å². The molecule has 2 rings (SSSR count). The van der Waals surface area contributed by atoms with Crippen molar-refractivity contribution in [3.63, 3.8) is 0 Å². The van der Waals surface area contributed by atoms with Gasteiger partial charge < -0.3 is 5.73 Å². The largest absolute Gasteiger partial charge is 0.327 e. The van der Waals surface area contributed by atoms with Gasteiger partial charge in [0.05, 0.1) is 11.4 Å². The van der Waals surface area contributed by atoms with Crippen molar-refractivity contribution in [1.29, 1.82) is 0 Å². The summed E-state index contributed by atoms with van der Waals surface area (Å²) in [7, 11) is 0. The van der Waals surface area contributed by atoms with Crippen molar-refractivity contribution in [1.82, 2.24) is 9.78 Å². The number of halogens is 1. The summed E-state index contributed by atoms with van der Waals surface area (Å²) in [5.41, 5.74) is 10.4. The number of hydrogen-bond acceptors (Lipinski definition) is 2. The number of nitrogens with two attached hydrogens (primary N) is 1. The first-order valence-corrected chi connectivity index (χ1v) is 6.96. The number of hydrogen-bond donors (Lipinski definition) is 1. The Morgan fingerprint density at radius 3 is 2.63 bits per heavy atom. The van der Waals surface area contributed by atoms with Gasteiger partial charge >= 0.3 is 0 Å². The van der Waals surface area contributed by atoms with Crippen LogP contribution in [0.4, 0.5) is 0 Å². The zero-order valence-electron chi connectivity index (χ0n) is 11.7. The minimum absolute atomic E-state index is 0.147. The Balaban J connectivity index is 2.47. The number of aryl methyl sites for hydroxylation is 2. The normalized spacial score (nSPS) is 12.7. The smallest absolute Gasteiger partial charge is 0.0682 e. The number of nitrogens with zero attached hydrogens (tertiary/aromatic N) is 2. The van der Waals surface area contributed by atoms with E-state index in [-0.39, 0.29) is 6.04 Å². The average Bonchev–Trinajstić information content (AvgIpc) is 2.68. The average molecular weight is 278 g/mol. The Labute approximate surface area is 119 Å². The molecule has 0 saturated carbocycles. The second-order valence-corrected chi connectivity index (χ2v) is 5.42. The van der Waals surface area contributed by atoms with Crippen LogP contribution in [0.1, 0.15) is 30.3 Å². The summed E-state index contributed by atoms with van der Waals surface area (Å²) in [6.07, 6.45) is 1.76. The first-order chi connectivity index (χ1) is 9.01. The van der Waals surface area contributed by atoms with Crippen LogP contribution in [0.2, 0.25) is 5.02 Å². The summed E-state index contributed by atoms with van der Waals surface area (Å²) < 4.78 is 1.96. The molecule has 0 saturated heterocycles. The maximum atomic E-state index is 6.11. The minimum atomic E-state index is 0.147. The van der Waals surface area contributed by atoms with E-state index in [2.05, 4.69) is 25.0 Å². The molecule has 0 radical (unpaired) electrons. The van der Waals surface area contributed by atoms with Crippen LogP contribution in [-0.2, 0) is 6.42 Å². The zero-order valence-corrected chi connectivity index (χ0v) is 12.4. The highest BCUT2D eigenvalue weighted by atomic mass is 35.5. The van der Waals surface area contributed by atoms with E-state index in [0.29, 0.717) is 0 Å². The quantitative estimate of drug-likeness (QED) is 0.931. The van der Waals surface area contributed by atoms with E-state index in [0.717, 1.165) is 40.5 Å². The van der Waals surface area contributed by atoms with Crippen LogP contribution >= 0.6 is 11.6 Å². The Morgan fingerprint density at radius 1 is 1.32 bits per heavy atom. The van der Waals surface area contributed by atoms with Gasteiger partial charge in [-0.1, -0.05) is 18.5 Å². The van der Waals surface area contributed by atoms with E-state index in [1.807, 2.05) is 29.8 Å². The molecule has 0 amide bonds. The van der Waals surface area contributed by atoms with Gasteiger partial charge in [0.15, 0.2) is 0 Å². The molecule has 102 valence electrons. The molecular weight excluding hydrogens is 258 g/mol. The molecule has 2 N–H and O–H groups in total. The Hall–Kier alpha value is -1.32. The third kappa shape index (κ3) is 3.17. The summed E-state index contributed by atoms with van der Waals surface area (Å²) in [6.45, 7) is 6.15. The molecular formula is C15H20ClN3. The highest BCUT2D eigenvalue weighted by Gasteiger charge is 2.12. The summed E-state index contributed by atoms with van der Waals surface area (Å²) in [5.74, 6) is 0. The van der Waals surface area contributed by atoms with E-state index < -0.39 is 0 Å². The highest BCUT2D eigenvalue weighted by Crippen LogP contribution is 2.22. The van der Waals surface area contributed by atoms with Gasteiger partial charge in [0.1, 0.15) is 0 Å². The minimum Gasteiger partial charge on any atom is -0.327 e. The SMILES string of the molecule is CCC(N)Cc1cc(Cl)ccc1-n1nc(C)cc1C. The van der Waals surface area contributed by atoms with Gasteiger partial charge in [-0.2, -0.15) is 5.10 Å². The second kappa shape index (κ2) is 5.76. The van der Waals surface area contributed by atoms with Crippen LogP contribution in [0.25, 0.3) is 5.69 Å². The lowest BCUT2D eigenvalue weighted by Gasteiger charge is -2.15. The van der Waals surface area contributed by atoms with Crippen molar-refractivity contribution in [3.05, 3.63) is 46.2 Å². The lowest BCUT2D eigenvalue weighted by Crippen LogP contribution is -2.22. The molecule has 4 heteroatoms. The molecule has 1 aromatic heterocycles. The molecule has 3 nitrogen and oxygen atoms in total. The van der Waals surface area contributed by atoms with Crippen LogP contribution < -0.4 is 5.73 Å². The van der Waals surface area contributed by atoms with Gasteiger partial charge in [-0.15, -0.1) is 0 Å². The fraction of sp³-hybridized carbons (Fsp3) is 0.400. The lowest BCUT2D eigenvalue weighted by molar-refractivity contribution is 0.641. The monoisotopic (exact) mass is 277 g/mol. The Morgan fingerprint density at radius 2 is 2.05 bits per heavy atom. The Bertz CT molecular complexity index is 575. The first-order valence-electron chi connectivity index (χ1n) is 6.59. The maximum Gasteiger partial charge on any atom is 0.0682 e. The number of rotatable bonds is 4. The molecule has 1 aromatic carbocycles. The fourth-order valence-electron chi connectivity index (χ4n) is 2.22. The van der Waals surface area contributed by atoms with E-state index >= 15 is 0 Å². The zero-order chi connectivity index (χ0) is 14.0. The molecule has 0 fully saturated rings. The molecule has 0 aliphatic heterocycles. The van der Waals surface area contributed by atoms with Gasteiger partial charge in [-0.25, -0.2) is 4.68 Å². The van der Waals surface area contributed by atoms with Crippen molar-refractivity contribution < 1.29 is 0 Å². The van der Waals surface area contributed by atoms with Crippen molar-refractivity contribution in [3.8, 4) is 5.69 Å². The molecule has 0 bridgehead atoms. The van der Waals surface area contributed by atoms with Gasteiger partial charge in [-0.3, -0.25) is 0 Å². The fourth-order valence-corrected chi connectivity index (χ4v) is 2.42. The number of benzene rings is 1.